The number of likely N-dealkylation sites (tertiary alicyclic amines) is 2. The van der Waals surface area contributed by atoms with E-state index in [0.29, 0.717) is 31.3 Å². The fraction of sp³-hybridized carbons (Fsp3) is 0.373. The monoisotopic (exact) mass is 1400 g/mol. The number of carbonyl (C=O) groups is 2. The van der Waals surface area contributed by atoms with Crippen LogP contribution in [0.25, 0.3) is 77.4 Å². The van der Waals surface area contributed by atoms with Crippen LogP contribution in [0, 0.1) is 24.7 Å². The number of nitrogens with zero attached hydrogens (tertiary/aromatic N) is 12. The number of sulfone groups is 1. The van der Waals surface area contributed by atoms with Crippen molar-refractivity contribution in [3.05, 3.63) is 144 Å². The highest BCUT2D eigenvalue weighted by atomic mass is 32.2. The van der Waals surface area contributed by atoms with Crippen molar-refractivity contribution in [3.63, 3.8) is 0 Å². The molecule has 2 fully saturated rings. The van der Waals surface area contributed by atoms with Gasteiger partial charge in [-0.25, -0.2) is 57.9 Å². The first-order chi connectivity index (χ1) is 45.3. The molecule has 96 heavy (non-hydrogen) atoms. The molecule has 2 atom stereocenters. The van der Waals surface area contributed by atoms with Crippen LogP contribution in [-0.4, -0.2) is 152 Å². The Morgan fingerprint density at radius 3 is 1.45 bits per heavy atom. The lowest BCUT2D eigenvalue weighted by atomic mass is 9.82. The lowest BCUT2D eigenvalue weighted by Crippen LogP contribution is -2.53. The van der Waals surface area contributed by atoms with E-state index < -0.39 is 44.2 Å². The summed E-state index contributed by atoms with van der Waals surface area (Å²) in [6, 6.07) is 28.1. The van der Waals surface area contributed by atoms with Gasteiger partial charge in [-0.05, 0) is 139 Å². The number of amides is 2. The minimum Gasteiger partial charge on any atom is -0.444 e. The Morgan fingerprint density at radius 2 is 1.03 bits per heavy atom. The Balaban J connectivity index is 0.000000193. The number of nitrogens with two attached hydrogens (primary N) is 1. The normalized spacial score (nSPS) is 15.8. The summed E-state index contributed by atoms with van der Waals surface area (Å²) in [5, 5.41) is 10.8. The maximum Gasteiger partial charge on any atom is 0.410 e. The number of rotatable bonds is 9. The number of hydrogen-bond donors (Lipinski definition) is 2. The Bertz CT molecular complexity index is 4510. The third-order valence-corrected chi connectivity index (χ3v) is 17.3. The topological polar surface area (TPSA) is 313 Å². The zero-order chi connectivity index (χ0) is 69.9. The quantitative estimate of drug-likeness (QED) is 0.127. The summed E-state index contributed by atoms with van der Waals surface area (Å²) in [7, 11) is -3.54. The molecular weight excluding hydrogens is 1320 g/mol. The molecule has 0 saturated carbocycles. The second-order valence-corrected chi connectivity index (χ2v) is 30.7. The second kappa shape index (κ2) is 30.9. The molecule has 8 aromatic heterocycles. The molecule has 10 heterocycles. The molecule has 12 rings (SSSR count). The average Bonchev–Trinajstić information content (AvgIpc) is 1.61. The van der Waals surface area contributed by atoms with Crippen LogP contribution in [0.5, 0.6) is 0 Å². The summed E-state index contributed by atoms with van der Waals surface area (Å²) in [6.07, 6.45) is 13.4. The number of fused-ring (bicyclic) bond motifs is 2. The second-order valence-electron chi connectivity index (χ2n) is 26.7. The van der Waals surface area contributed by atoms with Gasteiger partial charge in [0.2, 0.25) is 20.9 Å². The molecule has 2 saturated heterocycles. The molecule has 2 amide bonds. The van der Waals surface area contributed by atoms with E-state index >= 15 is 0 Å². The van der Waals surface area contributed by atoms with E-state index in [9.17, 15) is 18.0 Å². The molecule has 0 spiro atoms. The number of anilines is 1. The number of pyridine rings is 2. The summed E-state index contributed by atoms with van der Waals surface area (Å²) in [5.74, 6) is 0.528. The Labute approximate surface area is 573 Å². The molecule has 0 unspecified atom stereocenters. The molecule has 2 aliphatic heterocycles. The number of aryl methyl sites for hydroxylation is 2. The van der Waals surface area contributed by atoms with Crippen LogP contribution in [0.3, 0.4) is 0 Å². The van der Waals surface area contributed by atoms with Gasteiger partial charge in [0.15, 0.2) is 0 Å². The summed E-state index contributed by atoms with van der Waals surface area (Å²) in [6.45, 7) is 26.2. The number of carbonyl (C=O) groups excluding carboxylic acids is 2. The third kappa shape index (κ3) is 19.2. The number of hydrogen-bond acceptors (Lipinski definition) is 22. The van der Waals surface area contributed by atoms with Gasteiger partial charge >= 0.3 is 35.3 Å². The van der Waals surface area contributed by atoms with E-state index in [1.54, 1.807) is 39.7 Å². The van der Waals surface area contributed by atoms with E-state index in [-0.39, 0.29) is 40.3 Å². The predicted octanol–water partition coefficient (Wildman–Crippen LogP) is 12.3. The van der Waals surface area contributed by atoms with E-state index in [2.05, 4.69) is 86.9 Å². The molecule has 29 heteroatoms. The van der Waals surface area contributed by atoms with Crippen molar-refractivity contribution in [1.29, 1.82) is 0 Å². The highest BCUT2D eigenvalue weighted by Gasteiger charge is 2.38. The molecule has 3 N–H and O–H groups in total. The van der Waals surface area contributed by atoms with Crippen molar-refractivity contribution in [2.24, 2.45) is 16.6 Å². The van der Waals surface area contributed by atoms with Crippen molar-refractivity contribution in [2.75, 3.05) is 37.8 Å². The smallest absolute Gasteiger partial charge is 0.410 e. The fourth-order valence-electron chi connectivity index (χ4n) is 11.3. The van der Waals surface area contributed by atoms with Crippen molar-refractivity contribution >= 4 is 95.9 Å². The third-order valence-electron chi connectivity index (χ3n) is 14.8. The first-order valence-electron chi connectivity index (χ1n) is 30.4. The molecule has 2 aromatic carbocycles. The van der Waals surface area contributed by atoms with E-state index in [4.69, 9.17) is 47.0 Å². The predicted molar refractivity (Wildman–Crippen MR) is 375 cm³/mol. The van der Waals surface area contributed by atoms with Crippen LogP contribution >= 0.6 is 22.7 Å². The first-order valence-corrected chi connectivity index (χ1v) is 35.4. The van der Waals surface area contributed by atoms with Crippen LogP contribution in [0.4, 0.5) is 15.5 Å². The number of nitrogens with one attached hydrogen (secondary N) is 1. The molecule has 2 aliphatic rings. The zero-order valence-electron chi connectivity index (χ0n) is 55.7. The fourth-order valence-corrected chi connectivity index (χ4v) is 13.0. The molecule has 506 valence electrons. The number of piperidine rings is 2. The van der Waals surface area contributed by atoms with Gasteiger partial charge in [0.1, 0.15) is 43.9 Å². The number of benzene rings is 2. The zero-order valence-corrected chi connectivity index (χ0v) is 59.7. The maximum absolute atomic E-state index is 13.0. The van der Waals surface area contributed by atoms with Crippen LogP contribution in [0.2, 0.25) is 0 Å². The van der Waals surface area contributed by atoms with Crippen LogP contribution in [0.1, 0.15) is 93.2 Å². The van der Waals surface area contributed by atoms with Crippen molar-refractivity contribution in [2.45, 2.75) is 124 Å². The van der Waals surface area contributed by atoms with E-state index in [1.165, 1.54) is 11.3 Å². The average molecular weight is 1400 g/mol. The van der Waals surface area contributed by atoms with Crippen LogP contribution < -0.4 is 11.1 Å². The Morgan fingerprint density at radius 1 is 0.604 bits per heavy atom. The first kappa shape index (κ1) is 72.9. The summed E-state index contributed by atoms with van der Waals surface area (Å²) in [5.41, 5.74) is 15.0. The highest BCUT2D eigenvalue weighted by molar-refractivity contribution is 7.90. The van der Waals surface area contributed by atoms with Crippen molar-refractivity contribution in [3.8, 4) is 55.3 Å². The van der Waals surface area contributed by atoms with Crippen LogP contribution in [-0.2, 0) is 42.5 Å². The van der Waals surface area contributed by atoms with Crippen molar-refractivity contribution in [1.82, 2.24) is 58.8 Å². The van der Waals surface area contributed by atoms with Crippen molar-refractivity contribution < 1.29 is 44.3 Å². The van der Waals surface area contributed by atoms with Gasteiger partial charge in [-0.2, -0.15) is 16.8 Å². The minimum absolute atomic E-state index is 0.0278. The van der Waals surface area contributed by atoms with Gasteiger partial charge in [-0.15, -0.1) is 22.7 Å². The SMILES string of the molecule is CC1(C)C[C@H](N)CN(C(=O)OC(C)(C)C)C1.Cc1cnc(N[C@@H]2CN(C(=O)OC(C)(C)C)CC(C)(C)C2)nc1-c1cn(-c2ccccc2)c2nc(-c3nccs3)ccc12.Cc1cnc(S(C)(=O)=O)nc1-c1cn(-c2ccccc2)c2nc(-c3nccs3)ccc12.O=S=O.O=S=O. The van der Waals surface area contributed by atoms with Crippen LogP contribution in [0.15, 0.2) is 138 Å². The van der Waals surface area contributed by atoms with Gasteiger partial charge in [-0.1, -0.05) is 64.1 Å². The lowest BCUT2D eigenvalue weighted by Gasteiger charge is -2.42. The molecule has 0 radical (unpaired) electrons. The lowest BCUT2D eigenvalue weighted by molar-refractivity contribution is 0.00569. The van der Waals surface area contributed by atoms with Gasteiger partial charge in [0, 0.05) is 126 Å². The maximum atomic E-state index is 13.0. The van der Waals surface area contributed by atoms with E-state index in [0.717, 1.165) is 108 Å². The number of aromatic nitrogens is 10. The summed E-state index contributed by atoms with van der Waals surface area (Å²) in [4.78, 5) is 65.2. The van der Waals surface area contributed by atoms with Gasteiger partial charge < -0.3 is 39.5 Å². The van der Waals surface area contributed by atoms with Gasteiger partial charge in [-0.3, -0.25) is 0 Å². The molecule has 0 bridgehead atoms. The molecule has 0 aliphatic carbocycles. The van der Waals surface area contributed by atoms with E-state index in [1.807, 2.05) is 150 Å². The molecule has 24 nitrogen and oxygen atoms in total. The van der Waals surface area contributed by atoms with Gasteiger partial charge in [0.25, 0.3) is 0 Å². The summed E-state index contributed by atoms with van der Waals surface area (Å²) < 4.78 is 72.4. The minimum atomic E-state index is -3.54. The number of para-hydroxylation sites is 2. The highest BCUT2D eigenvalue weighted by Crippen LogP contribution is 2.38. The van der Waals surface area contributed by atoms with Gasteiger partial charge in [0.05, 0.1) is 11.4 Å². The standard InChI is InChI=1S/C33H37N7O2S.C22H17N5O2S2.C12H24N2O2.2O2S/c1-21-17-35-30(36-22-16-33(5,6)20-39(18-22)31(41)42-32(2,3)4)38-27(21)25-19-40(23-10-8-7-9-11-23)28-24(25)12-13-26(37-28)29-34-14-15-43-29;1-14-12-24-22(31(2,28)29)26-19(14)17-13-27(15-6-4-3-5-7-15)20-16(17)8-9-18(25-20)21-23-10-11-30-21;1-11(2,3)16-10(15)14-7-9(13)6-12(4,5)8-14;2*1-3-2/h7-15,17,19,22H,16,18,20H2,1-6H3,(H,35,36,38);3-13H,1-2H3;9H,6-8,13H2,1-5H3;;/t22-;;9-;;/m0.0../s1. The number of ether oxygens (including phenoxy) is 2. The largest absolute Gasteiger partial charge is 0.444 e. The molecular formula is C67H78N14O10S5. The molecule has 10 aromatic rings. The number of thiazole rings is 2. The Kier molecular flexibility index (Phi) is 23.5. The summed E-state index contributed by atoms with van der Waals surface area (Å²) >= 11 is 1.60. The Hall–Kier alpha value is -8.87.